The number of hydrogen-bond acceptors (Lipinski definition) is 1. The Balaban J connectivity index is 2.03. The van der Waals surface area contributed by atoms with E-state index in [1.54, 1.807) is 0 Å². The van der Waals surface area contributed by atoms with Gasteiger partial charge in [-0.25, -0.2) is 0 Å². The molecule has 0 radical (unpaired) electrons. The van der Waals surface area contributed by atoms with Crippen LogP contribution in [0.1, 0.15) is 23.6 Å². The highest BCUT2D eigenvalue weighted by atomic mass is 79.9. The molecule has 0 bridgehead atoms. The Morgan fingerprint density at radius 3 is 2.50 bits per heavy atom. The van der Waals surface area contributed by atoms with Crippen LogP contribution in [-0.4, -0.2) is 4.98 Å². The third-order valence-corrected chi connectivity index (χ3v) is 4.09. The summed E-state index contributed by atoms with van der Waals surface area (Å²) in [5.41, 5.74) is 2.25. The molecule has 0 fully saturated rings. The Hall–Kier alpha value is -0.860. The van der Waals surface area contributed by atoms with E-state index < -0.39 is 0 Å². The van der Waals surface area contributed by atoms with Crippen LogP contribution in [0.4, 0.5) is 0 Å². The number of nitrogens with zero attached hydrogens (tertiary/aromatic N) is 1. The molecule has 0 aliphatic heterocycles. The molecular weight excluding hydrogens is 310 g/mol. The minimum Gasteiger partial charge on any atom is -0.260 e. The second-order valence-electron chi connectivity index (χ2n) is 4.46. The summed E-state index contributed by atoms with van der Waals surface area (Å²) in [5, 5.41) is 0.0247. The van der Waals surface area contributed by atoms with Crippen molar-refractivity contribution in [1.29, 1.82) is 0 Å². The molecule has 18 heavy (non-hydrogen) atoms. The minimum atomic E-state index is 0.0247. The lowest BCUT2D eigenvalue weighted by atomic mass is 9.96. The van der Waals surface area contributed by atoms with Crippen LogP contribution in [0.15, 0.2) is 53.1 Å². The summed E-state index contributed by atoms with van der Waals surface area (Å²) in [4.78, 5) is 4.39. The van der Waals surface area contributed by atoms with Crippen molar-refractivity contribution in [3.05, 3.63) is 64.4 Å². The molecular formula is C15H15BrClN. The van der Waals surface area contributed by atoms with Gasteiger partial charge in [-0.1, -0.05) is 37.3 Å². The van der Waals surface area contributed by atoms with Crippen molar-refractivity contribution in [3.63, 3.8) is 0 Å². The van der Waals surface area contributed by atoms with Gasteiger partial charge in [0.2, 0.25) is 0 Å². The molecule has 0 N–H and O–H groups in total. The fraction of sp³-hybridized carbons (Fsp3) is 0.267. The normalized spacial score (nSPS) is 14.2. The summed E-state index contributed by atoms with van der Waals surface area (Å²) in [7, 11) is 0. The molecule has 3 heteroatoms. The summed E-state index contributed by atoms with van der Waals surface area (Å²) in [6.07, 6.45) is 2.71. The van der Waals surface area contributed by atoms with Gasteiger partial charge in [-0.3, -0.25) is 4.98 Å². The average molecular weight is 325 g/mol. The van der Waals surface area contributed by atoms with Crippen molar-refractivity contribution in [3.8, 4) is 0 Å². The average Bonchev–Trinajstić information content (AvgIpc) is 2.41. The highest BCUT2D eigenvalue weighted by Crippen LogP contribution is 2.30. The van der Waals surface area contributed by atoms with Crippen molar-refractivity contribution in [2.75, 3.05) is 0 Å². The third-order valence-electron chi connectivity index (χ3n) is 2.94. The number of pyridine rings is 1. The molecule has 1 heterocycles. The molecule has 0 aliphatic carbocycles. The van der Waals surface area contributed by atoms with Crippen molar-refractivity contribution >= 4 is 27.5 Å². The van der Waals surface area contributed by atoms with Crippen molar-refractivity contribution in [2.45, 2.75) is 18.7 Å². The topological polar surface area (TPSA) is 12.9 Å². The van der Waals surface area contributed by atoms with Crippen LogP contribution in [0.5, 0.6) is 0 Å². The number of hydrogen-bond donors (Lipinski definition) is 0. The van der Waals surface area contributed by atoms with Crippen LogP contribution < -0.4 is 0 Å². The SMILES string of the molecule is CC(Cc1ccc(Br)cn1)C(Cl)c1ccccc1. The first-order chi connectivity index (χ1) is 8.66. The van der Waals surface area contributed by atoms with Gasteiger partial charge >= 0.3 is 0 Å². The highest BCUT2D eigenvalue weighted by molar-refractivity contribution is 9.10. The predicted molar refractivity (Wildman–Crippen MR) is 79.8 cm³/mol. The molecule has 1 nitrogen and oxygen atoms in total. The van der Waals surface area contributed by atoms with Gasteiger partial charge in [0, 0.05) is 16.4 Å². The van der Waals surface area contributed by atoms with E-state index in [1.807, 2.05) is 36.5 Å². The molecule has 1 aromatic heterocycles. The Morgan fingerprint density at radius 1 is 1.17 bits per heavy atom. The monoisotopic (exact) mass is 323 g/mol. The molecule has 2 aromatic rings. The molecule has 1 aromatic carbocycles. The second-order valence-corrected chi connectivity index (χ2v) is 5.85. The summed E-state index contributed by atoms with van der Waals surface area (Å²) in [5.74, 6) is 0.350. The molecule has 2 unspecified atom stereocenters. The Kier molecular flexibility index (Phi) is 4.79. The maximum absolute atomic E-state index is 6.50. The summed E-state index contributed by atoms with van der Waals surface area (Å²) >= 11 is 9.89. The van der Waals surface area contributed by atoms with E-state index in [9.17, 15) is 0 Å². The van der Waals surface area contributed by atoms with Crippen molar-refractivity contribution in [2.24, 2.45) is 5.92 Å². The molecule has 0 aliphatic rings. The van der Waals surface area contributed by atoms with Gasteiger partial charge in [0.25, 0.3) is 0 Å². The zero-order valence-corrected chi connectivity index (χ0v) is 12.5. The van der Waals surface area contributed by atoms with Crippen LogP contribution in [0.2, 0.25) is 0 Å². The van der Waals surface area contributed by atoms with Gasteiger partial charge in [-0.15, -0.1) is 11.6 Å². The van der Waals surface area contributed by atoms with Gasteiger partial charge in [-0.05, 0) is 46.0 Å². The predicted octanol–water partition coefficient (Wildman–Crippen LogP) is 5.00. The van der Waals surface area contributed by atoms with Gasteiger partial charge in [-0.2, -0.15) is 0 Å². The quantitative estimate of drug-likeness (QED) is 0.721. The molecule has 2 rings (SSSR count). The van der Waals surface area contributed by atoms with Crippen LogP contribution in [0.25, 0.3) is 0 Å². The molecule has 0 spiro atoms. The molecule has 94 valence electrons. The minimum absolute atomic E-state index is 0.0247. The second kappa shape index (κ2) is 6.35. The van der Waals surface area contributed by atoms with Crippen LogP contribution in [0.3, 0.4) is 0 Å². The van der Waals surface area contributed by atoms with Crippen LogP contribution in [-0.2, 0) is 6.42 Å². The molecule has 0 saturated carbocycles. The smallest absolute Gasteiger partial charge is 0.0614 e. The number of aromatic nitrogens is 1. The third kappa shape index (κ3) is 3.56. The lowest BCUT2D eigenvalue weighted by Gasteiger charge is -2.18. The van der Waals surface area contributed by atoms with Crippen molar-refractivity contribution in [1.82, 2.24) is 4.98 Å². The Morgan fingerprint density at radius 2 is 1.89 bits per heavy atom. The first-order valence-corrected chi connectivity index (χ1v) is 7.19. The summed E-state index contributed by atoms with van der Waals surface area (Å²) in [6.45, 7) is 2.16. The van der Waals surface area contributed by atoms with Crippen molar-refractivity contribution < 1.29 is 0 Å². The molecule has 0 saturated heterocycles. The standard InChI is InChI=1S/C15H15BrClN/c1-11(9-14-8-7-13(16)10-18-14)15(17)12-5-3-2-4-6-12/h2-8,10-11,15H,9H2,1H3. The maximum atomic E-state index is 6.50. The zero-order valence-electron chi connectivity index (χ0n) is 10.2. The molecule has 0 amide bonds. The maximum Gasteiger partial charge on any atom is 0.0614 e. The van der Waals surface area contributed by atoms with Gasteiger partial charge in [0.1, 0.15) is 0 Å². The lowest BCUT2D eigenvalue weighted by molar-refractivity contribution is 0.551. The van der Waals surface area contributed by atoms with Crippen LogP contribution >= 0.6 is 27.5 Å². The molecule has 2 atom stereocenters. The summed E-state index contributed by atoms with van der Waals surface area (Å²) < 4.78 is 1.00. The fourth-order valence-corrected chi connectivity index (χ4v) is 2.40. The number of benzene rings is 1. The van der Waals surface area contributed by atoms with Crippen LogP contribution in [0, 0.1) is 5.92 Å². The first kappa shape index (κ1) is 13.6. The van der Waals surface area contributed by atoms with E-state index in [2.05, 4.69) is 40.0 Å². The van der Waals surface area contributed by atoms with Gasteiger partial charge in [0.05, 0.1) is 5.38 Å². The van der Waals surface area contributed by atoms with E-state index in [1.165, 1.54) is 5.56 Å². The number of halogens is 2. The van der Waals surface area contributed by atoms with Gasteiger partial charge < -0.3 is 0 Å². The zero-order chi connectivity index (χ0) is 13.0. The first-order valence-electron chi connectivity index (χ1n) is 5.96. The lowest BCUT2D eigenvalue weighted by Crippen LogP contribution is -2.08. The van der Waals surface area contributed by atoms with E-state index in [4.69, 9.17) is 11.6 Å². The van der Waals surface area contributed by atoms with Gasteiger partial charge in [0.15, 0.2) is 0 Å². The van der Waals surface area contributed by atoms with E-state index in [0.29, 0.717) is 5.92 Å². The summed E-state index contributed by atoms with van der Waals surface area (Å²) in [6, 6.07) is 14.3. The largest absolute Gasteiger partial charge is 0.260 e. The van der Waals surface area contributed by atoms with E-state index in [0.717, 1.165) is 16.6 Å². The Labute approximate surface area is 121 Å². The van der Waals surface area contributed by atoms with E-state index in [-0.39, 0.29) is 5.38 Å². The van der Waals surface area contributed by atoms with E-state index >= 15 is 0 Å². The fourth-order valence-electron chi connectivity index (χ4n) is 1.93. The Bertz CT molecular complexity index is 484. The highest BCUT2D eigenvalue weighted by Gasteiger charge is 2.17. The number of rotatable bonds is 4. The number of alkyl halides is 1.